The number of hydrogen-bond acceptors (Lipinski definition) is 4. The lowest BCUT2D eigenvalue weighted by atomic mass is 9.96. The van der Waals surface area contributed by atoms with Crippen LogP contribution in [0, 0.1) is 5.92 Å². The molecule has 2 N–H and O–H groups in total. The summed E-state index contributed by atoms with van der Waals surface area (Å²) in [5, 5.41) is 0. The first-order chi connectivity index (χ1) is 7.29. The maximum atomic E-state index is 5.65. The first kappa shape index (κ1) is 10.2. The maximum absolute atomic E-state index is 5.65. The van der Waals surface area contributed by atoms with Gasteiger partial charge in [-0.15, -0.1) is 0 Å². The van der Waals surface area contributed by atoms with Gasteiger partial charge in [0.1, 0.15) is 18.0 Å². The van der Waals surface area contributed by atoms with Crippen molar-refractivity contribution < 1.29 is 0 Å². The summed E-state index contributed by atoms with van der Waals surface area (Å²) in [6, 6.07) is 1.86. The standard InChI is InChI=1S/C11H18N4/c1-2-9-4-3-5-15(7-9)11-6-10(12)13-8-14-11/h6,8-9H,2-5,7H2,1H3,(H2,12,13,14). The first-order valence-electron chi connectivity index (χ1n) is 5.62. The van der Waals surface area contributed by atoms with Gasteiger partial charge in [0.05, 0.1) is 0 Å². The van der Waals surface area contributed by atoms with Gasteiger partial charge in [-0.05, 0) is 18.8 Å². The number of nitrogen functional groups attached to an aromatic ring is 1. The number of rotatable bonds is 2. The van der Waals surface area contributed by atoms with Crippen LogP contribution in [-0.2, 0) is 0 Å². The van der Waals surface area contributed by atoms with Crippen molar-refractivity contribution in [1.82, 2.24) is 9.97 Å². The van der Waals surface area contributed by atoms with E-state index in [-0.39, 0.29) is 0 Å². The second-order valence-corrected chi connectivity index (χ2v) is 4.16. The lowest BCUT2D eigenvalue weighted by molar-refractivity contribution is 0.403. The Labute approximate surface area is 90.5 Å². The molecule has 82 valence electrons. The second-order valence-electron chi connectivity index (χ2n) is 4.16. The van der Waals surface area contributed by atoms with Crippen LogP contribution in [0.2, 0.25) is 0 Å². The van der Waals surface area contributed by atoms with E-state index in [4.69, 9.17) is 5.73 Å². The fraction of sp³-hybridized carbons (Fsp3) is 0.636. The number of piperidine rings is 1. The van der Waals surface area contributed by atoms with E-state index in [0.29, 0.717) is 5.82 Å². The van der Waals surface area contributed by atoms with Crippen LogP contribution in [0.25, 0.3) is 0 Å². The number of hydrogen-bond donors (Lipinski definition) is 1. The highest BCUT2D eigenvalue weighted by atomic mass is 15.2. The quantitative estimate of drug-likeness (QED) is 0.800. The Balaban J connectivity index is 2.09. The third-order valence-electron chi connectivity index (χ3n) is 3.09. The highest BCUT2D eigenvalue weighted by Crippen LogP contribution is 2.23. The largest absolute Gasteiger partial charge is 0.384 e. The van der Waals surface area contributed by atoms with E-state index in [0.717, 1.165) is 24.8 Å². The third kappa shape index (κ3) is 2.37. The molecule has 0 amide bonds. The molecule has 0 bridgehead atoms. The van der Waals surface area contributed by atoms with Crippen molar-refractivity contribution in [2.75, 3.05) is 23.7 Å². The molecule has 1 aliphatic heterocycles. The van der Waals surface area contributed by atoms with Crippen molar-refractivity contribution in [3.05, 3.63) is 12.4 Å². The van der Waals surface area contributed by atoms with Gasteiger partial charge in [-0.25, -0.2) is 9.97 Å². The van der Waals surface area contributed by atoms with E-state index < -0.39 is 0 Å². The van der Waals surface area contributed by atoms with Gasteiger partial charge < -0.3 is 10.6 Å². The van der Waals surface area contributed by atoms with E-state index in [1.165, 1.54) is 19.3 Å². The minimum absolute atomic E-state index is 0.554. The Morgan fingerprint density at radius 2 is 2.40 bits per heavy atom. The summed E-state index contributed by atoms with van der Waals surface area (Å²) >= 11 is 0. The number of nitrogens with zero attached hydrogens (tertiary/aromatic N) is 3. The van der Waals surface area contributed by atoms with E-state index in [1.807, 2.05) is 6.07 Å². The molecule has 2 rings (SSSR count). The molecule has 0 saturated carbocycles. The molecule has 1 saturated heterocycles. The molecule has 0 radical (unpaired) electrons. The van der Waals surface area contributed by atoms with E-state index in [9.17, 15) is 0 Å². The van der Waals surface area contributed by atoms with Gasteiger partial charge in [-0.2, -0.15) is 0 Å². The summed E-state index contributed by atoms with van der Waals surface area (Å²) < 4.78 is 0. The van der Waals surface area contributed by atoms with Gasteiger partial charge >= 0.3 is 0 Å². The second kappa shape index (κ2) is 4.47. The van der Waals surface area contributed by atoms with Crippen molar-refractivity contribution in [3.63, 3.8) is 0 Å². The molecule has 15 heavy (non-hydrogen) atoms. The van der Waals surface area contributed by atoms with E-state index >= 15 is 0 Å². The highest BCUT2D eigenvalue weighted by molar-refractivity contribution is 5.46. The van der Waals surface area contributed by atoms with Crippen molar-refractivity contribution in [2.45, 2.75) is 26.2 Å². The summed E-state index contributed by atoms with van der Waals surface area (Å²) in [6.07, 6.45) is 5.38. The predicted molar refractivity (Wildman–Crippen MR) is 61.7 cm³/mol. The Hall–Kier alpha value is -1.32. The first-order valence-corrected chi connectivity index (χ1v) is 5.62. The molecule has 1 unspecified atom stereocenters. The van der Waals surface area contributed by atoms with Gasteiger partial charge in [0.2, 0.25) is 0 Å². The molecule has 1 aromatic heterocycles. The van der Waals surface area contributed by atoms with Crippen molar-refractivity contribution in [3.8, 4) is 0 Å². The lowest BCUT2D eigenvalue weighted by Crippen LogP contribution is -2.35. The van der Waals surface area contributed by atoms with Crippen LogP contribution in [0.4, 0.5) is 11.6 Å². The summed E-state index contributed by atoms with van der Waals surface area (Å²) in [7, 11) is 0. The highest BCUT2D eigenvalue weighted by Gasteiger charge is 2.19. The van der Waals surface area contributed by atoms with Crippen LogP contribution < -0.4 is 10.6 Å². The Kier molecular flexibility index (Phi) is 3.04. The average molecular weight is 206 g/mol. The minimum atomic E-state index is 0.554. The monoisotopic (exact) mass is 206 g/mol. The van der Waals surface area contributed by atoms with E-state index in [1.54, 1.807) is 6.33 Å². The van der Waals surface area contributed by atoms with Gasteiger partial charge in [0, 0.05) is 19.2 Å². The molecule has 1 atom stereocenters. The number of nitrogens with two attached hydrogens (primary N) is 1. The molecule has 4 heteroatoms. The van der Waals surface area contributed by atoms with Crippen LogP contribution in [0.3, 0.4) is 0 Å². The third-order valence-corrected chi connectivity index (χ3v) is 3.09. The Morgan fingerprint density at radius 1 is 1.53 bits per heavy atom. The molecular formula is C11H18N4. The van der Waals surface area contributed by atoms with Crippen molar-refractivity contribution in [1.29, 1.82) is 0 Å². The Morgan fingerprint density at radius 3 is 3.13 bits per heavy atom. The topological polar surface area (TPSA) is 55.0 Å². The van der Waals surface area contributed by atoms with Gasteiger partial charge in [-0.3, -0.25) is 0 Å². The van der Waals surface area contributed by atoms with Gasteiger partial charge in [0.25, 0.3) is 0 Å². The fourth-order valence-electron chi connectivity index (χ4n) is 2.14. The zero-order valence-corrected chi connectivity index (χ0v) is 9.19. The SMILES string of the molecule is CCC1CCCN(c2cc(N)ncn2)C1. The summed E-state index contributed by atoms with van der Waals surface area (Å²) in [5.74, 6) is 2.33. The zero-order chi connectivity index (χ0) is 10.7. The van der Waals surface area contributed by atoms with Crippen LogP contribution in [0.1, 0.15) is 26.2 Å². The van der Waals surface area contributed by atoms with Crippen LogP contribution in [0.15, 0.2) is 12.4 Å². The average Bonchev–Trinajstić information content (AvgIpc) is 2.29. The van der Waals surface area contributed by atoms with Crippen LogP contribution in [-0.4, -0.2) is 23.1 Å². The lowest BCUT2D eigenvalue weighted by Gasteiger charge is -2.33. The Bertz CT molecular complexity index is 326. The van der Waals surface area contributed by atoms with Crippen LogP contribution in [0.5, 0.6) is 0 Å². The molecule has 1 aliphatic rings. The number of anilines is 2. The summed E-state index contributed by atoms with van der Waals surface area (Å²) in [5.41, 5.74) is 5.65. The molecule has 0 spiro atoms. The van der Waals surface area contributed by atoms with Gasteiger partial charge in [0.15, 0.2) is 0 Å². The molecule has 1 fully saturated rings. The van der Waals surface area contributed by atoms with Gasteiger partial charge in [-0.1, -0.05) is 13.3 Å². The maximum Gasteiger partial charge on any atom is 0.134 e. The normalized spacial score (nSPS) is 21.7. The number of aromatic nitrogens is 2. The summed E-state index contributed by atoms with van der Waals surface area (Å²) in [6.45, 7) is 4.45. The van der Waals surface area contributed by atoms with E-state index in [2.05, 4.69) is 21.8 Å². The predicted octanol–water partition coefficient (Wildman–Crippen LogP) is 1.69. The molecule has 0 aromatic carbocycles. The van der Waals surface area contributed by atoms with Crippen LogP contribution >= 0.6 is 0 Å². The van der Waals surface area contributed by atoms with Crippen molar-refractivity contribution in [2.24, 2.45) is 5.92 Å². The molecular weight excluding hydrogens is 188 g/mol. The zero-order valence-electron chi connectivity index (χ0n) is 9.19. The fourth-order valence-corrected chi connectivity index (χ4v) is 2.14. The van der Waals surface area contributed by atoms with Crippen molar-refractivity contribution >= 4 is 11.6 Å². The summed E-state index contributed by atoms with van der Waals surface area (Å²) in [4.78, 5) is 10.5. The smallest absolute Gasteiger partial charge is 0.134 e. The molecule has 4 nitrogen and oxygen atoms in total. The molecule has 1 aromatic rings. The minimum Gasteiger partial charge on any atom is -0.384 e. The molecule has 2 heterocycles. The molecule has 0 aliphatic carbocycles.